The van der Waals surface area contributed by atoms with Crippen LogP contribution < -0.4 is 10.2 Å². The molecular formula is C16H21FN2O2. The Morgan fingerprint density at radius 3 is 2.90 bits per heavy atom. The van der Waals surface area contributed by atoms with Crippen LogP contribution in [0.4, 0.5) is 10.1 Å². The molecule has 0 saturated carbocycles. The Morgan fingerprint density at radius 1 is 1.33 bits per heavy atom. The molecule has 0 amide bonds. The van der Waals surface area contributed by atoms with Crippen molar-refractivity contribution in [2.45, 2.75) is 13.1 Å². The summed E-state index contributed by atoms with van der Waals surface area (Å²) < 4.78 is 23.8. The number of rotatable bonds is 8. The molecule has 4 nitrogen and oxygen atoms in total. The molecule has 21 heavy (non-hydrogen) atoms. The molecule has 114 valence electrons. The third kappa shape index (κ3) is 4.58. The molecule has 5 heteroatoms. The first-order valence-corrected chi connectivity index (χ1v) is 6.92. The highest BCUT2D eigenvalue weighted by Gasteiger charge is 2.10. The number of hydrogen-bond donors (Lipinski definition) is 1. The molecule has 0 fully saturated rings. The van der Waals surface area contributed by atoms with Gasteiger partial charge in [0.25, 0.3) is 0 Å². The van der Waals surface area contributed by atoms with Crippen molar-refractivity contribution >= 4 is 5.69 Å². The maximum Gasteiger partial charge on any atom is 0.123 e. The van der Waals surface area contributed by atoms with Crippen molar-refractivity contribution < 1.29 is 13.5 Å². The van der Waals surface area contributed by atoms with E-state index in [0.29, 0.717) is 19.7 Å². The molecule has 2 aromatic rings. The number of hydrogen-bond acceptors (Lipinski definition) is 4. The maximum absolute atomic E-state index is 13.5. The van der Waals surface area contributed by atoms with Gasteiger partial charge in [0.1, 0.15) is 11.6 Å². The highest BCUT2D eigenvalue weighted by Crippen LogP contribution is 2.22. The Morgan fingerprint density at radius 2 is 2.19 bits per heavy atom. The quantitative estimate of drug-likeness (QED) is 0.759. The van der Waals surface area contributed by atoms with E-state index in [1.165, 1.54) is 6.07 Å². The maximum atomic E-state index is 13.5. The summed E-state index contributed by atoms with van der Waals surface area (Å²) in [6.07, 6.45) is 1.65. The molecule has 1 heterocycles. The van der Waals surface area contributed by atoms with Crippen LogP contribution in [0.25, 0.3) is 0 Å². The number of furan rings is 1. The molecule has 1 N–H and O–H groups in total. The monoisotopic (exact) mass is 292 g/mol. The van der Waals surface area contributed by atoms with Gasteiger partial charge >= 0.3 is 0 Å². The molecule has 0 atom stereocenters. The predicted octanol–water partition coefficient (Wildman–Crippen LogP) is 2.79. The lowest BCUT2D eigenvalue weighted by molar-refractivity contribution is 0.199. The van der Waals surface area contributed by atoms with E-state index in [2.05, 4.69) is 5.32 Å². The second kappa shape index (κ2) is 7.81. The van der Waals surface area contributed by atoms with Crippen molar-refractivity contribution in [1.82, 2.24) is 5.32 Å². The normalized spacial score (nSPS) is 10.8. The van der Waals surface area contributed by atoms with Gasteiger partial charge in [0.2, 0.25) is 0 Å². The van der Waals surface area contributed by atoms with Crippen LogP contribution in [-0.4, -0.2) is 27.3 Å². The van der Waals surface area contributed by atoms with E-state index < -0.39 is 0 Å². The van der Waals surface area contributed by atoms with Gasteiger partial charge in [-0.1, -0.05) is 0 Å². The highest BCUT2D eigenvalue weighted by atomic mass is 19.1. The van der Waals surface area contributed by atoms with E-state index in [9.17, 15) is 4.39 Å². The summed E-state index contributed by atoms with van der Waals surface area (Å²) in [6.45, 7) is 2.60. The first kappa shape index (κ1) is 15.5. The fourth-order valence-electron chi connectivity index (χ4n) is 2.19. The van der Waals surface area contributed by atoms with Crippen LogP contribution in [0.15, 0.2) is 41.0 Å². The summed E-state index contributed by atoms with van der Waals surface area (Å²) in [4.78, 5) is 2.05. The SMILES string of the molecule is COCCNCc1cc(F)ccc1N(C)Cc1ccco1. The van der Waals surface area contributed by atoms with Crippen molar-refractivity contribution in [2.24, 2.45) is 0 Å². The minimum absolute atomic E-state index is 0.228. The lowest BCUT2D eigenvalue weighted by Crippen LogP contribution is -2.22. The van der Waals surface area contributed by atoms with Gasteiger partial charge in [-0.2, -0.15) is 0 Å². The van der Waals surface area contributed by atoms with E-state index in [-0.39, 0.29) is 5.82 Å². The molecule has 2 rings (SSSR count). The Kier molecular flexibility index (Phi) is 5.78. The summed E-state index contributed by atoms with van der Waals surface area (Å²) in [5, 5.41) is 3.24. The molecule has 0 saturated heterocycles. The summed E-state index contributed by atoms with van der Waals surface area (Å²) >= 11 is 0. The summed E-state index contributed by atoms with van der Waals surface area (Å²) in [5.74, 6) is 0.647. The molecule has 0 aliphatic heterocycles. The zero-order valence-corrected chi connectivity index (χ0v) is 12.4. The molecule has 0 aliphatic carbocycles. The largest absolute Gasteiger partial charge is 0.467 e. The first-order chi connectivity index (χ1) is 10.2. The van der Waals surface area contributed by atoms with Gasteiger partial charge < -0.3 is 19.4 Å². The lowest BCUT2D eigenvalue weighted by atomic mass is 10.1. The van der Waals surface area contributed by atoms with Crippen LogP contribution in [-0.2, 0) is 17.8 Å². The Bertz CT molecular complexity index is 543. The summed E-state index contributed by atoms with van der Waals surface area (Å²) in [6, 6.07) is 8.63. The average Bonchev–Trinajstić information content (AvgIpc) is 2.96. The predicted molar refractivity (Wildman–Crippen MR) is 80.8 cm³/mol. The van der Waals surface area contributed by atoms with Crippen LogP contribution in [0, 0.1) is 5.82 Å². The van der Waals surface area contributed by atoms with Gasteiger partial charge in [0, 0.05) is 32.9 Å². The zero-order chi connectivity index (χ0) is 15.1. The van der Waals surface area contributed by atoms with Gasteiger partial charge in [-0.05, 0) is 35.9 Å². The van der Waals surface area contributed by atoms with E-state index in [1.807, 2.05) is 24.1 Å². The number of benzene rings is 1. The number of halogens is 1. The minimum atomic E-state index is -0.228. The topological polar surface area (TPSA) is 37.6 Å². The Balaban J connectivity index is 2.06. The van der Waals surface area contributed by atoms with Crippen LogP contribution >= 0.6 is 0 Å². The van der Waals surface area contributed by atoms with Crippen molar-refractivity contribution in [3.63, 3.8) is 0 Å². The fraction of sp³-hybridized carbons (Fsp3) is 0.375. The van der Waals surface area contributed by atoms with Crippen LogP contribution in [0.5, 0.6) is 0 Å². The summed E-state index contributed by atoms with van der Waals surface area (Å²) in [5.41, 5.74) is 1.90. The van der Waals surface area contributed by atoms with E-state index in [0.717, 1.165) is 23.6 Å². The molecule has 0 radical (unpaired) electrons. The van der Waals surface area contributed by atoms with Gasteiger partial charge in [0.05, 0.1) is 19.4 Å². The van der Waals surface area contributed by atoms with E-state index in [4.69, 9.17) is 9.15 Å². The van der Waals surface area contributed by atoms with Gasteiger partial charge in [-0.25, -0.2) is 4.39 Å². The third-order valence-corrected chi connectivity index (χ3v) is 3.22. The molecule has 0 unspecified atom stereocenters. The van der Waals surface area contributed by atoms with Gasteiger partial charge in [-0.15, -0.1) is 0 Å². The van der Waals surface area contributed by atoms with Crippen LogP contribution in [0.1, 0.15) is 11.3 Å². The molecule has 0 bridgehead atoms. The Labute approximate surface area is 124 Å². The minimum Gasteiger partial charge on any atom is -0.467 e. The molecule has 0 aliphatic rings. The Hall–Kier alpha value is -1.85. The highest BCUT2D eigenvalue weighted by molar-refractivity contribution is 5.53. The second-order valence-corrected chi connectivity index (χ2v) is 4.88. The second-order valence-electron chi connectivity index (χ2n) is 4.88. The number of nitrogens with zero attached hydrogens (tertiary/aromatic N) is 1. The number of ether oxygens (including phenoxy) is 1. The fourth-order valence-corrected chi connectivity index (χ4v) is 2.19. The van der Waals surface area contributed by atoms with Gasteiger partial charge in [0.15, 0.2) is 0 Å². The smallest absolute Gasteiger partial charge is 0.123 e. The van der Waals surface area contributed by atoms with Crippen molar-refractivity contribution in [1.29, 1.82) is 0 Å². The van der Waals surface area contributed by atoms with E-state index in [1.54, 1.807) is 25.5 Å². The van der Waals surface area contributed by atoms with Gasteiger partial charge in [-0.3, -0.25) is 0 Å². The van der Waals surface area contributed by atoms with Crippen LogP contribution in [0.2, 0.25) is 0 Å². The van der Waals surface area contributed by atoms with Crippen molar-refractivity contribution in [3.05, 3.63) is 53.7 Å². The molecule has 1 aromatic heterocycles. The van der Waals surface area contributed by atoms with Crippen LogP contribution in [0.3, 0.4) is 0 Å². The lowest BCUT2D eigenvalue weighted by Gasteiger charge is -2.22. The molecule has 1 aromatic carbocycles. The average molecular weight is 292 g/mol. The first-order valence-electron chi connectivity index (χ1n) is 6.92. The molecular weight excluding hydrogens is 271 g/mol. The van der Waals surface area contributed by atoms with Crippen molar-refractivity contribution in [3.8, 4) is 0 Å². The van der Waals surface area contributed by atoms with E-state index >= 15 is 0 Å². The third-order valence-electron chi connectivity index (χ3n) is 3.22. The molecule has 0 spiro atoms. The summed E-state index contributed by atoms with van der Waals surface area (Å²) in [7, 11) is 3.63. The van der Waals surface area contributed by atoms with Crippen molar-refractivity contribution in [2.75, 3.05) is 32.2 Å². The zero-order valence-electron chi connectivity index (χ0n) is 12.4. The number of nitrogens with one attached hydrogen (secondary N) is 1. The standard InChI is InChI=1S/C16H21FN2O2/c1-19(12-15-4-3-8-21-15)16-6-5-14(17)10-13(16)11-18-7-9-20-2/h3-6,8,10,18H,7,9,11-12H2,1-2H3. The number of methoxy groups -OCH3 is 1. The number of anilines is 1.